The van der Waals surface area contributed by atoms with E-state index >= 15 is 4.39 Å². The van der Waals surface area contributed by atoms with Crippen molar-refractivity contribution in [2.45, 2.75) is 85.6 Å². The molecule has 3 aromatic rings. The van der Waals surface area contributed by atoms with Crippen LogP contribution in [0.25, 0.3) is 11.1 Å². The summed E-state index contributed by atoms with van der Waals surface area (Å²) in [5, 5.41) is 14.3. The van der Waals surface area contributed by atoms with Gasteiger partial charge >= 0.3 is 5.97 Å². The molecule has 0 aliphatic heterocycles. The number of carboxylic acid groups (broad SMARTS) is 1. The summed E-state index contributed by atoms with van der Waals surface area (Å²) in [6, 6.07) is 7.06. The minimum absolute atomic E-state index is 0.0538. The maximum absolute atomic E-state index is 15.7. The fourth-order valence-electron chi connectivity index (χ4n) is 5.86. The van der Waals surface area contributed by atoms with Crippen molar-refractivity contribution < 1.29 is 23.5 Å². The summed E-state index contributed by atoms with van der Waals surface area (Å²) in [5.74, 6) is -2.96. The van der Waals surface area contributed by atoms with Crippen molar-refractivity contribution in [3.05, 3.63) is 85.8 Å². The van der Waals surface area contributed by atoms with Crippen molar-refractivity contribution in [1.82, 2.24) is 14.7 Å². The Labute approximate surface area is 258 Å². The number of halogens is 2. The van der Waals surface area contributed by atoms with E-state index in [2.05, 4.69) is 5.10 Å². The Kier molecular flexibility index (Phi) is 11.7. The maximum atomic E-state index is 15.7. The lowest BCUT2D eigenvalue weighted by Gasteiger charge is -2.23. The number of hydrogen-bond acceptors (Lipinski definition) is 5. The average molecular weight is 610 g/mol. The van der Waals surface area contributed by atoms with Crippen molar-refractivity contribution in [2.24, 2.45) is 5.92 Å². The van der Waals surface area contributed by atoms with Crippen LogP contribution in [0.3, 0.4) is 0 Å². The molecule has 7 nitrogen and oxygen atoms in total. The smallest absolute Gasteiger partial charge is 0.303 e. The zero-order valence-electron chi connectivity index (χ0n) is 27.1. The topological polar surface area (TPSA) is 92.5 Å². The Morgan fingerprint density at radius 3 is 2.16 bits per heavy atom. The predicted molar refractivity (Wildman–Crippen MR) is 169 cm³/mol. The summed E-state index contributed by atoms with van der Waals surface area (Å²) in [6.07, 6.45) is 0.648. The Balaban J connectivity index is 2.00. The van der Waals surface area contributed by atoms with Gasteiger partial charge in [0.25, 0.3) is 5.56 Å². The van der Waals surface area contributed by atoms with Crippen LogP contribution in [0.15, 0.2) is 35.1 Å². The quantitative estimate of drug-likeness (QED) is 0.218. The molecule has 1 heterocycles. The van der Waals surface area contributed by atoms with E-state index in [4.69, 9.17) is 0 Å². The van der Waals surface area contributed by atoms with Crippen molar-refractivity contribution in [1.29, 1.82) is 0 Å². The van der Waals surface area contributed by atoms with Crippen LogP contribution in [0, 0.1) is 45.2 Å². The molecule has 0 aliphatic carbocycles. The second kappa shape index (κ2) is 14.8. The number of Topliss-reactive ketones (excluding diaryl/α,β-unsaturated/α-hetero) is 1. The number of carbonyl (C=O) groups is 2. The molecular formula is C35H45F2N3O4. The largest absolute Gasteiger partial charge is 0.481 e. The first-order valence-electron chi connectivity index (χ1n) is 15.1. The summed E-state index contributed by atoms with van der Waals surface area (Å²) < 4.78 is 31.0. The number of rotatable bonds is 14. The molecule has 0 unspecified atom stereocenters. The molecule has 9 heteroatoms. The van der Waals surface area contributed by atoms with E-state index in [1.165, 1.54) is 16.8 Å². The summed E-state index contributed by atoms with van der Waals surface area (Å²) in [6.45, 7) is 11.5. The molecule has 0 spiro atoms. The van der Waals surface area contributed by atoms with Crippen LogP contribution in [0.5, 0.6) is 0 Å². The van der Waals surface area contributed by atoms with Gasteiger partial charge in [0.05, 0.1) is 12.1 Å². The highest BCUT2D eigenvalue weighted by Crippen LogP contribution is 2.36. The molecule has 1 aromatic heterocycles. The molecule has 0 amide bonds. The van der Waals surface area contributed by atoms with Gasteiger partial charge in [-0.3, -0.25) is 14.4 Å². The van der Waals surface area contributed by atoms with Crippen LogP contribution in [0.1, 0.15) is 85.0 Å². The predicted octanol–water partition coefficient (Wildman–Crippen LogP) is 6.72. The van der Waals surface area contributed by atoms with Gasteiger partial charge in [-0.1, -0.05) is 13.8 Å². The van der Waals surface area contributed by atoms with Gasteiger partial charge in [-0.05, 0) is 130 Å². The van der Waals surface area contributed by atoms with Gasteiger partial charge in [-0.25, -0.2) is 13.5 Å². The second-order valence-electron chi connectivity index (χ2n) is 12.7. The van der Waals surface area contributed by atoms with Gasteiger partial charge in [0.2, 0.25) is 0 Å². The number of hydrogen-bond donors (Lipinski definition) is 1. The standard InChI is InChI=1S/C35H45F2N3O4/c1-20(2)13-30(40-35(44)24(6)17-28(38-40)11-12-39(7)8)31(41)10-9-25(19-32(42)43)29-18-26(14-23(5)34(29)37)33-21(3)15-27(36)16-22(33)4/h14-18,20,25,30H,9-13,19H2,1-8H3,(H,42,43)/t25-,30-/m0/s1. The molecule has 0 saturated carbocycles. The monoisotopic (exact) mass is 609 g/mol. The summed E-state index contributed by atoms with van der Waals surface area (Å²) in [4.78, 5) is 41.0. The molecule has 2 atom stereocenters. The lowest BCUT2D eigenvalue weighted by atomic mass is 9.84. The minimum atomic E-state index is -1.11. The van der Waals surface area contributed by atoms with Crippen LogP contribution >= 0.6 is 0 Å². The van der Waals surface area contributed by atoms with E-state index in [0.29, 0.717) is 46.4 Å². The molecule has 0 saturated heterocycles. The van der Waals surface area contributed by atoms with Crippen LogP contribution in [-0.2, 0) is 16.0 Å². The number of carbonyl (C=O) groups excluding carboxylic acids is 1. The number of aliphatic carboxylic acids is 1. The highest BCUT2D eigenvalue weighted by molar-refractivity contribution is 5.82. The highest BCUT2D eigenvalue weighted by atomic mass is 19.1. The highest BCUT2D eigenvalue weighted by Gasteiger charge is 2.28. The summed E-state index contributed by atoms with van der Waals surface area (Å²) in [7, 11) is 3.90. The summed E-state index contributed by atoms with van der Waals surface area (Å²) >= 11 is 0. The number of aromatic nitrogens is 2. The Morgan fingerprint density at radius 1 is 0.955 bits per heavy atom. The fourth-order valence-corrected chi connectivity index (χ4v) is 5.86. The zero-order chi connectivity index (χ0) is 32.9. The Bertz CT molecular complexity index is 1560. The normalized spacial score (nSPS) is 13.0. The van der Waals surface area contributed by atoms with Crippen molar-refractivity contribution in [2.75, 3.05) is 20.6 Å². The van der Waals surface area contributed by atoms with Gasteiger partial charge in [-0.15, -0.1) is 0 Å². The van der Waals surface area contributed by atoms with E-state index < -0.39 is 23.7 Å². The zero-order valence-corrected chi connectivity index (χ0v) is 27.1. The van der Waals surface area contributed by atoms with Crippen molar-refractivity contribution in [3.8, 4) is 11.1 Å². The van der Waals surface area contributed by atoms with Crippen LogP contribution in [0.4, 0.5) is 8.78 Å². The Hall–Kier alpha value is -3.72. The number of likely N-dealkylation sites (N-methyl/N-ethyl adjacent to an activating group) is 1. The van der Waals surface area contributed by atoms with Crippen LogP contribution in [-0.4, -0.2) is 52.2 Å². The lowest BCUT2D eigenvalue weighted by molar-refractivity contribution is -0.137. The Morgan fingerprint density at radius 2 is 1.59 bits per heavy atom. The molecule has 3 rings (SSSR count). The van der Waals surface area contributed by atoms with E-state index in [9.17, 15) is 23.9 Å². The molecule has 0 bridgehead atoms. The van der Waals surface area contributed by atoms with Gasteiger partial charge in [0.15, 0.2) is 5.78 Å². The van der Waals surface area contributed by atoms with Gasteiger partial charge in [-0.2, -0.15) is 5.10 Å². The SMILES string of the molecule is Cc1cc(-c2c(C)cc(F)cc2C)cc([C@@H](CCC(=O)[C@H](CC(C)C)n2nc(CCN(C)C)cc(C)c2=O)CC(=O)O)c1F. The van der Waals surface area contributed by atoms with Crippen LogP contribution < -0.4 is 5.56 Å². The molecule has 238 valence electrons. The molecule has 0 fully saturated rings. The minimum Gasteiger partial charge on any atom is -0.481 e. The second-order valence-corrected chi connectivity index (χ2v) is 12.7. The number of nitrogens with zero attached hydrogens (tertiary/aromatic N) is 3. The molecule has 44 heavy (non-hydrogen) atoms. The van der Waals surface area contributed by atoms with E-state index in [1.54, 1.807) is 45.9 Å². The van der Waals surface area contributed by atoms with Gasteiger partial charge in [0.1, 0.15) is 17.7 Å². The summed E-state index contributed by atoms with van der Waals surface area (Å²) in [5.41, 5.74) is 4.20. The third-order valence-electron chi connectivity index (χ3n) is 8.01. The molecule has 2 aromatic carbocycles. The van der Waals surface area contributed by atoms with E-state index in [1.807, 2.05) is 32.8 Å². The molecular weight excluding hydrogens is 564 g/mol. The third kappa shape index (κ3) is 8.68. The number of benzene rings is 2. The maximum Gasteiger partial charge on any atom is 0.303 e. The molecule has 1 N–H and O–H groups in total. The molecule has 0 radical (unpaired) electrons. The number of aryl methyl sites for hydroxylation is 4. The molecule has 0 aliphatic rings. The number of ketones is 1. The first kappa shape index (κ1) is 34.8. The first-order valence-corrected chi connectivity index (χ1v) is 15.1. The van der Waals surface area contributed by atoms with E-state index in [-0.39, 0.29) is 47.9 Å². The number of carboxylic acids is 1. The van der Waals surface area contributed by atoms with Crippen molar-refractivity contribution in [3.63, 3.8) is 0 Å². The fraction of sp³-hybridized carbons (Fsp3) is 0.486. The van der Waals surface area contributed by atoms with Crippen molar-refractivity contribution >= 4 is 11.8 Å². The van der Waals surface area contributed by atoms with Crippen LogP contribution in [0.2, 0.25) is 0 Å². The van der Waals surface area contributed by atoms with Gasteiger partial charge in [0, 0.05) is 24.9 Å². The lowest BCUT2D eigenvalue weighted by Crippen LogP contribution is -2.35. The first-order chi connectivity index (χ1) is 20.6. The van der Waals surface area contributed by atoms with Gasteiger partial charge < -0.3 is 10.0 Å². The van der Waals surface area contributed by atoms with E-state index in [0.717, 1.165) is 12.1 Å². The third-order valence-corrected chi connectivity index (χ3v) is 8.01. The average Bonchev–Trinajstić information content (AvgIpc) is 2.91.